The van der Waals surface area contributed by atoms with E-state index in [1.807, 2.05) is 0 Å². The number of ether oxygens (including phenoxy) is 1. The summed E-state index contributed by atoms with van der Waals surface area (Å²) < 4.78 is 5.11. The molecular formula is C11H24ClNO. The van der Waals surface area contributed by atoms with Gasteiger partial charge < -0.3 is 4.74 Å². The van der Waals surface area contributed by atoms with Crippen molar-refractivity contribution in [2.75, 3.05) is 32.7 Å². The molecule has 1 unspecified atom stereocenters. The van der Waals surface area contributed by atoms with Gasteiger partial charge in [-0.1, -0.05) is 6.92 Å². The average molecular weight is 222 g/mol. The highest BCUT2D eigenvalue weighted by Crippen LogP contribution is 2.05. The Morgan fingerprint density at radius 2 is 2.00 bits per heavy atom. The number of unbranched alkanes of at least 4 members (excludes halogenated alkanes) is 1. The van der Waals surface area contributed by atoms with Crippen LogP contribution in [0, 0.1) is 0 Å². The molecule has 2 nitrogen and oxygen atoms in total. The van der Waals surface area contributed by atoms with Crippen molar-refractivity contribution in [3.63, 3.8) is 0 Å². The third-order valence-corrected chi connectivity index (χ3v) is 2.89. The molecule has 14 heavy (non-hydrogen) atoms. The van der Waals surface area contributed by atoms with E-state index in [0.29, 0.717) is 6.04 Å². The molecule has 0 rings (SSSR count). The summed E-state index contributed by atoms with van der Waals surface area (Å²) in [6.07, 6.45) is 3.50. The van der Waals surface area contributed by atoms with Gasteiger partial charge in [0.05, 0.1) is 6.61 Å². The highest BCUT2D eigenvalue weighted by molar-refractivity contribution is 6.17. The number of nitrogens with zero attached hydrogens (tertiary/aromatic N) is 1. The van der Waals surface area contributed by atoms with Gasteiger partial charge in [0.25, 0.3) is 0 Å². The Balaban J connectivity index is 3.72. The van der Waals surface area contributed by atoms with Crippen molar-refractivity contribution in [3.8, 4) is 0 Å². The van der Waals surface area contributed by atoms with E-state index in [2.05, 4.69) is 18.7 Å². The first kappa shape index (κ1) is 14.2. The molecule has 0 spiro atoms. The molecule has 0 N–H and O–H groups in total. The minimum absolute atomic E-state index is 0.653. The van der Waals surface area contributed by atoms with E-state index in [-0.39, 0.29) is 0 Å². The molecule has 0 bridgehead atoms. The summed E-state index contributed by atoms with van der Waals surface area (Å²) in [6.45, 7) is 7.51. The fraction of sp³-hybridized carbons (Fsp3) is 1.00. The smallest absolute Gasteiger partial charge is 0.0589 e. The largest absolute Gasteiger partial charge is 0.383 e. The second kappa shape index (κ2) is 9.75. The van der Waals surface area contributed by atoms with Crippen LogP contribution in [0.5, 0.6) is 0 Å². The molecule has 0 aliphatic carbocycles. The number of halogens is 1. The number of alkyl halides is 1. The van der Waals surface area contributed by atoms with Crippen molar-refractivity contribution >= 4 is 11.6 Å². The van der Waals surface area contributed by atoms with Gasteiger partial charge in [-0.15, -0.1) is 11.6 Å². The first-order chi connectivity index (χ1) is 6.76. The molecule has 0 amide bonds. The van der Waals surface area contributed by atoms with Crippen LogP contribution in [0.2, 0.25) is 0 Å². The Kier molecular flexibility index (Phi) is 9.90. The quantitative estimate of drug-likeness (QED) is 0.439. The van der Waals surface area contributed by atoms with Gasteiger partial charge in [-0.05, 0) is 32.7 Å². The fourth-order valence-corrected chi connectivity index (χ4v) is 1.62. The van der Waals surface area contributed by atoms with Crippen LogP contribution in [0.3, 0.4) is 0 Å². The lowest BCUT2D eigenvalue weighted by Crippen LogP contribution is -2.36. The Morgan fingerprint density at radius 1 is 1.29 bits per heavy atom. The van der Waals surface area contributed by atoms with Crippen LogP contribution < -0.4 is 0 Å². The Morgan fingerprint density at radius 3 is 2.50 bits per heavy atom. The predicted octanol–water partition coefficient (Wildman–Crippen LogP) is 2.75. The van der Waals surface area contributed by atoms with Crippen LogP contribution in [-0.4, -0.2) is 43.6 Å². The van der Waals surface area contributed by atoms with Gasteiger partial charge in [-0.3, -0.25) is 4.90 Å². The lowest BCUT2D eigenvalue weighted by atomic mass is 10.2. The maximum atomic E-state index is 5.66. The average Bonchev–Trinajstić information content (AvgIpc) is 2.22. The van der Waals surface area contributed by atoms with Gasteiger partial charge >= 0.3 is 0 Å². The Hall–Kier alpha value is 0.210. The molecule has 86 valence electrons. The van der Waals surface area contributed by atoms with Crippen molar-refractivity contribution in [1.29, 1.82) is 0 Å². The van der Waals surface area contributed by atoms with E-state index in [0.717, 1.165) is 32.0 Å². The standard InChI is InChI=1S/C11H24ClNO/c1-4-11(2)13(9-10-14-3)8-6-5-7-12/h11H,4-10H2,1-3H3. The topological polar surface area (TPSA) is 12.5 Å². The molecule has 0 radical (unpaired) electrons. The summed E-state index contributed by atoms with van der Waals surface area (Å²) in [5.74, 6) is 0.776. The van der Waals surface area contributed by atoms with Crippen molar-refractivity contribution in [2.24, 2.45) is 0 Å². The SMILES string of the molecule is CCC(C)N(CCCCCl)CCOC. The molecule has 0 aromatic heterocycles. The van der Waals surface area contributed by atoms with Gasteiger partial charge in [-0.25, -0.2) is 0 Å². The van der Waals surface area contributed by atoms with E-state index in [1.54, 1.807) is 7.11 Å². The minimum atomic E-state index is 0.653. The van der Waals surface area contributed by atoms with Crippen LogP contribution in [-0.2, 0) is 4.74 Å². The first-order valence-electron chi connectivity index (χ1n) is 5.55. The maximum Gasteiger partial charge on any atom is 0.0589 e. The molecule has 0 aliphatic rings. The molecule has 0 aromatic carbocycles. The van der Waals surface area contributed by atoms with Crippen LogP contribution in [0.1, 0.15) is 33.1 Å². The normalized spacial score (nSPS) is 13.5. The molecule has 0 heterocycles. The monoisotopic (exact) mass is 221 g/mol. The third-order valence-electron chi connectivity index (χ3n) is 2.63. The number of hydrogen-bond donors (Lipinski definition) is 0. The second-order valence-corrected chi connectivity index (χ2v) is 4.06. The summed E-state index contributed by atoms with van der Waals surface area (Å²) >= 11 is 5.66. The van der Waals surface area contributed by atoms with Crippen molar-refractivity contribution in [3.05, 3.63) is 0 Å². The fourth-order valence-electron chi connectivity index (χ4n) is 1.43. The molecule has 0 fully saturated rings. The summed E-state index contributed by atoms with van der Waals surface area (Å²) in [6, 6.07) is 0.653. The second-order valence-electron chi connectivity index (χ2n) is 3.68. The zero-order chi connectivity index (χ0) is 10.8. The van der Waals surface area contributed by atoms with E-state index < -0.39 is 0 Å². The van der Waals surface area contributed by atoms with E-state index in [1.165, 1.54) is 12.8 Å². The van der Waals surface area contributed by atoms with Gasteiger partial charge in [0.1, 0.15) is 0 Å². The zero-order valence-electron chi connectivity index (χ0n) is 9.76. The van der Waals surface area contributed by atoms with Gasteiger partial charge in [0, 0.05) is 25.6 Å². The number of rotatable bonds is 9. The van der Waals surface area contributed by atoms with E-state index in [4.69, 9.17) is 16.3 Å². The minimum Gasteiger partial charge on any atom is -0.383 e. The molecule has 0 saturated carbocycles. The van der Waals surface area contributed by atoms with E-state index in [9.17, 15) is 0 Å². The molecule has 0 aliphatic heterocycles. The summed E-state index contributed by atoms with van der Waals surface area (Å²) in [5, 5.41) is 0. The van der Waals surface area contributed by atoms with Crippen molar-refractivity contribution in [1.82, 2.24) is 4.90 Å². The van der Waals surface area contributed by atoms with Crippen LogP contribution in [0.15, 0.2) is 0 Å². The summed E-state index contributed by atoms with van der Waals surface area (Å²) in [4.78, 5) is 2.48. The number of methoxy groups -OCH3 is 1. The third kappa shape index (κ3) is 6.63. The van der Waals surface area contributed by atoms with Gasteiger partial charge in [0.15, 0.2) is 0 Å². The first-order valence-corrected chi connectivity index (χ1v) is 6.08. The molecule has 3 heteroatoms. The van der Waals surface area contributed by atoms with E-state index >= 15 is 0 Å². The van der Waals surface area contributed by atoms with Crippen LogP contribution in [0.25, 0.3) is 0 Å². The predicted molar refractivity (Wildman–Crippen MR) is 63.2 cm³/mol. The highest BCUT2D eigenvalue weighted by Gasteiger charge is 2.10. The molecule has 0 aromatic rings. The lowest BCUT2D eigenvalue weighted by molar-refractivity contribution is 0.122. The van der Waals surface area contributed by atoms with Crippen molar-refractivity contribution in [2.45, 2.75) is 39.2 Å². The lowest BCUT2D eigenvalue weighted by Gasteiger charge is -2.27. The Bertz CT molecular complexity index is 122. The maximum absolute atomic E-state index is 5.66. The summed E-state index contributed by atoms with van der Waals surface area (Å²) in [7, 11) is 1.76. The van der Waals surface area contributed by atoms with Gasteiger partial charge in [0.2, 0.25) is 0 Å². The summed E-state index contributed by atoms with van der Waals surface area (Å²) in [5.41, 5.74) is 0. The Labute approximate surface area is 93.6 Å². The van der Waals surface area contributed by atoms with Gasteiger partial charge in [-0.2, -0.15) is 0 Å². The molecule has 0 saturated heterocycles. The van der Waals surface area contributed by atoms with Crippen LogP contribution in [0.4, 0.5) is 0 Å². The van der Waals surface area contributed by atoms with Crippen molar-refractivity contribution < 1.29 is 4.74 Å². The molecular weight excluding hydrogens is 198 g/mol. The van der Waals surface area contributed by atoms with Crippen LogP contribution >= 0.6 is 11.6 Å². The number of hydrogen-bond acceptors (Lipinski definition) is 2. The molecule has 1 atom stereocenters. The highest BCUT2D eigenvalue weighted by atomic mass is 35.5. The zero-order valence-corrected chi connectivity index (χ0v) is 10.5.